The number of carbonyl (C=O) groups excluding carboxylic acids is 1. The van der Waals surface area contributed by atoms with Crippen molar-refractivity contribution in [2.24, 2.45) is 0 Å². The van der Waals surface area contributed by atoms with Crippen molar-refractivity contribution < 1.29 is 4.79 Å². The number of rotatable bonds is 3. The van der Waals surface area contributed by atoms with Crippen LogP contribution in [-0.4, -0.2) is 29.0 Å². The van der Waals surface area contributed by atoms with Crippen LogP contribution in [0.5, 0.6) is 0 Å². The molecule has 1 aliphatic heterocycles. The van der Waals surface area contributed by atoms with Gasteiger partial charge < -0.3 is 15.5 Å². The first-order valence-corrected chi connectivity index (χ1v) is 9.13. The first-order valence-electron chi connectivity index (χ1n) is 8.35. The third-order valence-electron chi connectivity index (χ3n) is 4.12. The minimum absolute atomic E-state index is 0.103. The summed E-state index contributed by atoms with van der Waals surface area (Å²) in [5, 5.41) is 7.31. The molecule has 0 radical (unpaired) electrons. The van der Waals surface area contributed by atoms with E-state index in [1.54, 1.807) is 12.1 Å². The molecular formula is C19H20ClN3OS. The normalized spacial score (nSPS) is 14.0. The quantitative estimate of drug-likeness (QED) is 0.760. The van der Waals surface area contributed by atoms with Gasteiger partial charge >= 0.3 is 0 Å². The average Bonchev–Trinajstić information content (AvgIpc) is 2.62. The van der Waals surface area contributed by atoms with Gasteiger partial charge in [-0.25, -0.2) is 0 Å². The van der Waals surface area contributed by atoms with Crippen molar-refractivity contribution in [2.45, 2.75) is 19.3 Å². The van der Waals surface area contributed by atoms with E-state index < -0.39 is 0 Å². The lowest BCUT2D eigenvalue weighted by molar-refractivity contribution is 0.0724. The van der Waals surface area contributed by atoms with Crippen molar-refractivity contribution in [3.8, 4) is 0 Å². The molecule has 0 saturated carbocycles. The van der Waals surface area contributed by atoms with Gasteiger partial charge in [-0.3, -0.25) is 4.79 Å². The van der Waals surface area contributed by atoms with Crippen molar-refractivity contribution in [3.63, 3.8) is 0 Å². The molecule has 3 rings (SSSR count). The zero-order valence-electron chi connectivity index (χ0n) is 13.8. The number of nitrogens with zero attached hydrogens (tertiary/aromatic N) is 1. The largest absolute Gasteiger partial charge is 0.339 e. The highest BCUT2D eigenvalue weighted by atomic mass is 35.5. The standard InChI is InChI=1S/C19H20ClN3OS/c20-15-5-4-6-17(13-15)22-19(25)21-16-9-7-14(8-10-16)18(24)23-11-2-1-3-12-23/h4-10,13H,1-3,11-12H2,(H2,21,22,25). The Labute approximate surface area is 158 Å². The Hall–Kier alpha value is -2.11. The summed E-state index contributed by atoms with van der Waals surface area (Å²) in [6.07, 6.45) is 3.40. The summed E-state index contributed by atoms with van der Waals surface area (Å²) in [5.41, 5.74) is 2.36. The van der Waals surface area contributed by atoms with Crippen molar-refractivity contribution >= 4 is 46.2 Å². The van der Waals surface area contributed by atoms with E-state index in [2.05, 4.69) is 10.6 Å². The SMILES string of the molecule is O=C(c1ccc(NC(=S)Nc2cccc(Cl)c2)cc1)N1CCCCC1. The van der Waals surface area contributed by atoms with Crippen LogP contribution in [-0.2, 0) is 0 Å². The lowest BCUT2D eigenvalue weighted by Crippen LogP contribution is -2.35. The summed E-state index contributed by atoms with van der Waals surface area (Å²) >= 11 is 11.3. The molecule has 0 aliphatic carbocycles. The van der Waals surface area contributed by atoms with Crippen LogP contribution in [0.3, 0.4) is 0 Å². The number of nitrogens with one attached hydrogen (secondary N) is 2. The molecule has 1 amide bonds. The molecule has 1 heterocycles. The number of benzene rings is 2. The molecule has 0 aromatic heterocycles. The third-order valence-corrected chi connectivity index (χ3v) is 4.55. The van der Waals surface area contributed by atoms with Gasteiger partial charge in [0.1, 0.15) is 0 Å². The highest BCUT2D eigenvalue weighted by Crippen LogP contribution is 2.17. The number of amides is 1. The van der Waals surface area contributed by atoms with Crippen LogP contribution >= 0.6 is 23.8 Å². The third kappa shape index (κ3) is 4.94. The zero-order chi connectivity index (χ0) is 17.6. The molecule has 0 unspecified atom stereocenters. The molecule has 0 spiro atoms. The highest BCUT2D eigenvalue weighted by Gasteiger charge is 2.17. The van der Waals surface area contributed by atoms with Crippen LogP contribution in [0.15, 0.2) is 48.5 Å². The fraction of sp³-hybridized carbons (Fsp3) is 0.263. The number of hydrogen-bond acceptors (Lipinski definition) is 2. The van der Waals surface area contributed by atoms with E-state index in [1.165, 1.54) is 6.42 Å². The van der Waals surface area contributed by atoms with Gasteiger partial charge in [-0.05, 0) is 73.9 Å². The molecule has 1 aliphatic rings. The predicted octanol–water partition coefficient (Wildman–Crippen LogP) is 4.78. The molecule has 2 aromatic carbocycles. The van der Waals surface area contributed by atoms with E-state index in [0.29, 0.717) is 15.7 Å². The minimum Gasteiger partial charge on any atom is -0.339 e. The highest BCUT2D eigenvalue weighted by molar-refractivity contribution is 7.80. The summed E-state index contributed by atoms with van der Waals surface area (Å²) in [6.45, 7) is 1.71. The number of hydrogen-bond donors (Lipinski definition) is 2. The minimum atomic E-state index is 0.103. The average molecular weight is 374 g/mol. The van der Waals surface area contributed by atoms with Crippen molar-refractivity contribution in [1.29, 1.82) is 0 Å². The van der Waals surface area contributed by atoms with Gasteiger partial charge in [0.2, 0.25) is 0 Å². The summed E-state index contributed by atoms with van der Waals surface area (Å²) < 4.78 is 0. The Morgan fingerprint density at radius 3 is 2.32 bits per heavy atom. The van der Waals surface area contributed by atoms with Gasteiger partial charge in [0, 0.05) is 35.1 Å². The van der Waals surface area contributed by atoms with E-state index in [1.807, 2.05) is 41.3 Å². The Bertz CT molecular complexity index is 758. The molecule has 2 aromatic rings. The van der Waals surface area contributed by atoms with E-state index in [9.17, 15) is 4.79 Å². The molecule has 1 fully saturated rings. The maximum Gasteiger partial charge on any atom is 0.253 e. The number of carbonyl (C=O) groups is 1. The predicted molar refractivity (Wildman–Crippen MR) is 107 cm³/mol. The second-order valence-electron chi connectivity index (χ2n) is 6.02. The smallest absolute Gasteiger partial charge is 0.253 e. The number of anilines is 2. The number of thiocarbonyl (C=S) groups is 1. The van der Waals surface area contributed by atoms with Crippen LogP contribution in [0.2, 0.25) is 5.02 Å². The molecule has 6 heteroatoms. The van der Waals surface area contributed by atoms with E-state index in [-0.39, 0.29) is 5.91 Å². The second kappa shape index (κ2) is 8.32. The van der Waals surface area contributed by atoms with E-state index in [4.69, 9.17) is 23.8 Å². The Balaban J connectivity index is 1.58. The van der Waals surface area contributed by atoms with Crippen LogP contribution in [0, 0.1) is 0 Å². The molecule has 0 bridgehead atoms. The van der Waals surface area contributed by atoms with Crippen LogP contribution < -0.4 is 10.6 Å². The molecule has 0 atom stereocenters. The Kier molecular flexibility index (Phi) is 5.89. The number of piperidine rings is 1. The van der Waals surface area contributed by atoms with E-state index in [0.717, 1.165) is 37.3 Å². The summed E-state index contributed by atoms with van der Waals surface area (Å²) in [6, 6.07) is 14.8. The first-order chi connectivity index (χ1) is 12.1. The molecule has 4 nitrogen and oxygen atoms in total. The van der Waals surface area contributed by atoms with Crippen molar-refractivity contribution in [3.05, 3.63) is 59.1 Å². The molecule has 25 heavy (non-hydrogen) atoms. The van der Waals surface area contributed by atoms with Crippen molar-refractivity contribution in [2.75, 3.05) is 23.7 Å². The molecule has 2 N–H and O–H groups in total. The summed E-state index contributed by atoms with van der Waals surface area (Å²) in [5.74, 6) is 0.103. The lowest BCUT2D eigenvalue weighted by Gasteiger charge is -2.26. The first kappa shape index (κ1) is 17.7. The maximum absolute atomic E-state index is 12.5. The maximum atomic E-state index is 12.5. The Morgan fingerprint density at radius 1 is 0.960 bits per heavy atom. The fourth-order valence-electron chi connectivity index (χ4n) is 2.84. The van der Waals surface area contributed by atoms with Gasteiger partial charge in [-0.15, -0.1) is 0 Å². The van der Waals surface area contributed by atoms with Crippen LogP contribution in [0.1, 0.15) is 29.6 Å². The lowest BCUT2D eigenvalue weighted by atomic mass is 10.1. The Morgan fingerprint density at radius 2 is 1.64 bits per heavy atom. The van der Waals surface area contributed by atoms with Gasteiger partial charge in [0.05, 0.1) is 0 Å². The van der Waals surface area contributed by atoms with Crippen molar-refractivity contribution in [1.82, 2.24) is 4.90 Å². The van der Waals surface area contributed by atoms with Crippen LogP contribution in [0.4, 0.5) is 11.4 Å². The molecular weight excluding hydrogens is 354 g/mol. The number of likely N-dealkylation sites (tertiary alicyclic amines) is 1. The summed E-state index contributed by atoms with van der Waals surface area (Å²) in [4.78, 5) is 14.4. The van der Waals surface area contributed by atoms with Gasteiger partial charge in [0.25, 0.3) is 5.91 Å². The van der Waals surface area contributed by atoms with Crippen LogP contribution in [0.25, 0.3) is 0 Å². The number of halogens is 1. The topological polar surface area (TPSA) is 44.4 Å². The zero-order valence-corrected chi connectivity index (χ0v) is 15.4. The van der Waals surface area contributed by atoms with Gasteiger partial charge in [0.15, 0.2) is 5.11 Å². The monoisotopic (exact) mass is 373 g/mol. The summed E-state index contributed by atoms with van der Waals surface area (Å²) in [7, 11) is 0. The fourth-order valence-corrected chi connectivity index (χ4v) is 3.26. The molecule has 130 valence electrons. The second-order valence-corrected chi connectivity index (χ2v) is 6.86. The van der Waals surface area contributed by atoms with Gasteiger partial charge in [-0.1, -0.05) is 17.7 Å². The molecule has 1 saturated heterocycles. The van der Waals surface area contributed by atoms with E-state index >= 15 is 0 Å². The van der Waals surface area contributed by atoms with Gasteiger partial charge in [-0.2, -0.15) is 0 Å².